The fourth-order valence-corrected chi connectivity index (χ4v) is 5.17. The lowest BCUT2D eigenvalue weighted by Gasteiger charge is -2.40. The molecule has 1 N–H and O–H groups in total. The third-order valence-electron chi connectivity index (χ3n) is 7.18. The number of halogens is 6. The third kappa shape index (κ3) is 7.03. The second kappa shape index (κ2) is 12.4. The number of benzene rings is 3. The van der Waals surface area contributed by atoms with E-state index in [2.05, 4.69) is 10.2 Å². The normalized spacial score (nSPS) is 16.5. The Balaban J connectivity index is 1.80. The van der Waals surface area contributed by atoms with Crippen molar-refractivity contribution in [2.75, 3.05) is 20.2 Å². The van der Waals surface area contributed by atoms with Gasteiger partial charge in [0, 0.05) is 0 Å². The number of ether oxygens (including phenoxy) is 1. The summed E-state index contributed by atoms with van der Waals surface area (Å²) in [5, 5.41) is 3.27. The molecule has 1 saturated heterocycles. The van der Waals surface area contributed by atoms with Crippen LogP contribution in [0.5, 0.6) is 0 Å². The second-order valence-electron chi connectivity index (χ2n) is 9.79. The van der Waals surface area contributed by atoms with Crippen LogP contribution in [0.25, 0.3) is 0 Å². The van der Waals surface area contributed by atoms with E-state index >= 15 is 0 Å². The average Bonchev–Trinajstić information content (AvgIpc) is 2.95. The van der Waals surface area contributed by atoms with Crippen molar-refractivity contribution in [3.63, 3.8) is 0 Å². The Morgan fingerprint density at radius 3 is 1.62 bits per heavy atom. The van der Waals surface area contributed by atoms with Crippen molar-refractivity contribution in [2.24, 2.45) is 0 Å². The van der Waals surface area contributed by atoms with Gasteiger partial charge in [0.15, 0.2) is 0 Å². The van der Waals surface area contributed by atoms with Crippen LogP contribution in [0.15, 0.2) is 78.9 Å². The number of hydrogen-bond acceptors (Lipinski definition) is 4. The summed E-state index contributed by atoms with van der Waals surface area (Å²) in [5.41, 5.74) is -0.171. The monoisotopic (exact) mass is 564 g/mol. The van der Waals surface area contributed by atoms with Crippen LogP contribution in [0, 0.1) is 0 Å². The van der Waals surface area contributed by atoms with Crippen LogP contribution < -0.4 is 5.32 Å². The molecule has 0 amide bonds. The summed E-state index contributed by atoms with van der Waals surface area (Å²) in [6.45, 7) is 1.44. The zero-order chi connectivity index (χ0) is 28.9. The summed E-state index contributed by atoms with van der Waals surface area (Å²) in [5.74, 6) is -0.594. The lowest BCUT2D eigenvalue weighted by molar-refractivity contribution is -0.145. The van der Waals surface area contributed by atoms with Gasteiger partial charge >= 0.3 is 18.3 Å². The van der Waals surface area contributed by atoms with Gasteiger partial charge in [-0.05, 0) is 66.9 Å². The molecule has 1 heterocycles. The molecule has 0 saturated carbocycles. The Hall–Kier alpha value is -3.37. The first-order chi connectivity index (χ1) is 19.0. The van der Waals surface area contributed by atoms with Gasteiger partial charge in [-0.1, -0.05) is 61.0 Å². The van der Waals surface area contributed by atoms with Crippen LogP contribution in [0.3, 0.4) is 0 Å². The Morgan fingerprint density at radius 2 is 1.20 bits per heavy atom. The lowest BCUT2D eigenvalue weighted by atomic mass is 9.91. The number of esters is 1. The molecule has 4 nitrogen and oxygen atoms in total. The van der Waals surface area contributed by atoms with Gasteiger partial charge in [-0.15, -0.1) is 0 Å². The van der Waals surface area contributed by atoms with E-state index in [1.807, 2.05) is 30.3 Å². The predicted octanol–water partition coefficient (Wildman–Crippen LogP) is 7.17. The van der Waals surface area contributed by atoms with Crippen LogP contribution in [0.4, 0.5) is 26.3 Å². The maximum Gasteiger partial charge on any atom is 0.416 e. The molecule has 1 fully saturated rings. The number of piperidine rings is 1. The number of alkyl halides is 6. The molecule has 2 atom stereocenters. The molecule has 40 heavy (non-hydrogen) atoms. The molecule has 10 heteroatoms. The molecule has 214 valence electrons. The summed E-state index contributed by atoms with van der Waals surface area (Å²) in [4.78, 5) is 15.5. The number of nitrogens with one attached hydrogen (secondary N) is 1. The van der Waals surface area contributed by atoms with E-state index in [0.29, 0.717) is 11.1 Å². The van der Waals surface area contributed by atoms with Crippen molar-refractivity contribution in [3.05, 3.63) is 107 Å². The van der Waals surface area contributed by atoms with Gasteiger partial charge in [0.05, 0.1) is 30.3 Å². The first-order valence-electron chi connectivity index (χ1n) is 13.0. The number of carbonyl (C=O) groups excluding carboxylic acids is 1. The number of carbonyl (C=O) groups is 1. The number of hydrogen-bond donors (Lipinski definition) is 1. The van der Waals surface area contributed by atoms with E-state index in [1.54, 1.807) is 0 Å². The van der Waals surface area contributed by atoms with Crippen molar-refractivity contribution in [1.29, 1.82) is 0 Å². The van der Waals surface area contributed by atoms with E-state index in [1.165, 1.54) is 31.4 Å². The van der Waals surface area contributed by atoms with Crippen molar-refractivity contribution >= 4 is 5.97 Å². The van der Waals surface area contributed by atoms with Crippen LogP contribution in [-0.4, -0.2) is 37.1 Å². The Bertz CT molecular complexity index is 1180. The molecule has 1 aliphatic rings. The fraction of sp³-hybridized carbons (Fsp3) is 0.367. The average molecular weight is 565 g/mol. The minimum absolute atomic E-state index is 0.354. The van der Waals surface area contributed by atoms with E-state index in [0.717, 1.165) is 62.2 Å². The molecule has 0 bridgehead atoms. The Morgan fingerprint density at radius 1 is 0.725 bits per heavy atom. The smallest absolute Gasteiger partial charge is 0.416 e. The second-order valence-corrected chi connectivity index (χ2v) is 9.79. The van der Waals surface area contributed by atoms with Crippen LogP contribution >= 0.6 is 0 Å². The van der Waals surface area contributed by atoms with Gasteiger partial charge in [-0.2, -0.15) is 26.3 Å². The van der Waals surface area contributed by atoms with Gasteiger partial charge in [0.25, 0.3) is 0 Å². The molecular weight excluding hydrogens is 534 g/mol. The van der Waals surface area contributed by atoms with E-state index in [-0.39, 0.29) is 0 Å². The van der Waals surface area contributed by atoms with E-state index in [9.17, 15) is 31.1 Å². The van der Waals surface area contributed by atoms with E-state index in [4.69, 9.17) is 4.74 Å². The van der Waals surface area contributed by atoms with Crippen LogP contribution in [-0.2, 0) is 21.9 Å². The summed E-state index contributed by atoms with van der Waals surface area (Å²) < 4.78 is 84.8. The maximum atomic E-state index is 13.3. The molecule has 3 aromatic carbocycles. The molecule has 4 rings (SSSR count). The Labute approximate surface area is 228 Å². The molecule has 0 aromatic heterocycles. The van der Waals surface area contributed by atoms with E-state index < -0.39 is 47.6 Å². The molecular formula is C30H30F6N2O2. The largest absolute Gasteiger partial charge is 0.468 e. The minimum atomic E-state index is -4.56. The summed E-state index contributed by atoms with van der Waals surface area (Å²) >= 11 is 0. The summed E-state index contributed by atoms with van der Waals surface area (Å²) in [7, 11) is 1.25. The highest BCUT2D eigenvalue weighted by Crippen LogP contribution is 2.35. The molecule has 1 aliphatic heterocycles. The van der Waals surface area contributed by atoms with Crippen molar-refractivity contribution in [1.82, 2.24) is 10.2 Å². The predicted molar refractivity (Wildman–Crippen MR) is 138 cm³/mol. The number of nitrogens with zero attached hydrogens (tertiary/aromatic N) is 1. The number of methoxy groups -OCH3 is 1. The van der Waals surface area contributed by atoms with Crippen molar-refractivity contribution < 1.29 is 35.9 Å². The number of rotatable bonds is 8. The topological polar surface area (TPSA) is 41.6 Å². The highest BCUT2D eigenvalue weighted by Gasteiger charge is 2.38. The van der Waals surface area contributed by atoms with Gasteiger partial charge in [0.2, 0.25) is 0 Å². The SMILES string of the molecule is COC(=O)[C@H](NC(c1ccc(C(F)(F)F)cc1)c1ccc(C(F)(F)F)cc1)C(c1ccccc1)N1CCCCC1. The van der Waals surface area contributed by atoms with Gasteiger partial charge in [-0.3, -0.25) is 15.0 Å². The standard InChI is InChI=1S/C30H30F6N2O2/c1-40-28(39)26(27(22-8-4-2-5-9-22)38-18-6-3-7-19-38)37-25(20-10-14-23(15-11-20)29(31,32)33)21-12-16-24(17-13-21)30(34,35)36/h2,4-5,8-17,25-27,37H,3,6-7,18-19H2,1H3/t26-,27?/m1/s1. The molecule has 1 unspecified atom stereocenters. The van der Waals surface area contributed by atoms with Crippen molar-refractivity contribution in [3.8, 4) is 0 Å². The Kier molecular flexibility index (Phi) is 9.20. The molecule has 3 aromatic rings. The quantitative estimate of drug-likeness (QED) is 0.233. The van der Waals surface area contributed by atoms with Gasteiger partial charge in [-0.25, -0.2) is 0 Å². The van der Waals surface area contributed by atoms with Gasteiger partial charge < -0.3 is 4.74 Å². The zero-order valence-electron chi connectivity index (χ0n) is 21.8. The fourth-order valence-electron chi connectivity index (χ4n) is 5.17. The maximum absolute atomic E-state index is 13.3. The van der Waals surface area contributed by atoms with Gasteiger partial charge in [0.1, 0.15) is 6.04 Å². The molecule has 0 aliphatic carbocycles. The molecule has 0 spiro atoms. The first kappa shape index (κ1) is 29.6. The highest BCUT2D eigenvalue weighted by molar-refractivity contribution is 5.77. The summed E-state index contributed by atoms with van der Waals surface area (Å²) in [6.07, 6.45) is -6.21. The molecule has 0 radical (unpaired) electrons. The van der Waals surface area contributed by atoms with Crippen molar-refractivity contribution in [2.45, 2.75) is 49.7 Å². The zero-order valence-corrected chi connectivity index (χ0v) is 21.8. The lowest BCUT2D eigenvalue weighted by Crippen LogP contribution is -2.51. The number of likely N-dealkylation sites (tertiary alicyclic amines) is 1. The minimum Gasteiger partial charge on any atom is -0.468 e. The highest BCUT2D eigenvalue weighted by atomic mass is 19.4. The third-order valence-corrected chi connectivity index (χ3v) is 7.18. The van der Waals surface area contributed by atoms with Crippen LogP contribution in [0.2, 0.25) is 0 Å². The first-order valence-corrected chi connectivity index (χ1v) is 13.0. The van der Waals surface area contributed by atoms with Crippen LogP contribution in [0.1, 0.15) is 59.2 Å². The summed E-state index contributed by atoms with van der Waals surface area (Å²) in [6, 6.07) is 15.7.